The maximum absolute atomic E-state index is 3.88. The zero-order valence-corrected chi connectivity index (χ0v) is 6.42. The van der Waals surface area contributed by atoms with Gasteiger partial charge in [0.2, 0.25) is 6.33 Å². The Morgan fingerprint density at radius 2 is 2.10 bits per heavy atom. The Hall–Kier alpha value is -0.990. The molecule has 0 spiro atoms. The lowest BCUT2D eigenvalue weighted by molar-refractivity contribution is 0.552. The number of hydrogen-bond acceptors (Lipinski definition) is 3. The highest BCUT2D eigenvalue weighted by Gasteiger charge is 2.15. The molecule has 0 unspecified atom stereocenters. The summed E-state index contributed by atoms with van der Waals surface area (Å²) in [6.07, 6.45) is 4.08. The summed E-state index contributed by atoms with van der Waals surface area (Å²) in [5, 5.41) is 7.45. The topological polar surface area (TPSA) is 38.7 Å². The molecular formula is C7H10N3. The normalized spacial score (nSPS) is 11.5. The predicted molar refractivity (Wildman–Crippen MR) is 37.4 cm³/mol. The van der Waals surface area contributed by atoms with Crippen molar-refractivity contribution in [2.75, 3.05) is 0 Å². The molecule has 1 radical (unpaired) electrons. The summed E-state index contributed by atoms with van der Waals surface area (Å²) >= 11 is 0. The number of rotatable bonds is 0. The van der Waals surface area contributed by atoms with Gasteiger partial charge in [0.1, 0.15) is 0 Å². The summed E-state index contributed by atoms with van der Waals surface area (Å²) in [5.74, 6) is 0. The third kappa shape index (κ3) is 1.50. The molecule has 1 aromatic heterocycles. The highest BCUT2D eigenvalue weighted by molar-refractivity contribution is 5.04. The van der Waals surface area contributed by atoms with Gasteiger partial charge in [-0.3, -0.25) is 0 Å². The van der Waals surface area contributed by atoms with E-state index in [1.807, 2.05) is 0 Å². The van der Waals surface area contributed by atoms with Crippen LogP contribution in [0.3, 0.4) is 0 Å². The van der Waals surface area contributed by atoms with Crippen LogP contribution in [0.5, 0.6) is 0 Å². The van der Waals surface area contributed by atoms with Crippen molar-refractivity contribution < 1.29 is 0 Å². The monoisotopic (exact) mass is 136 g/mol. The van der Waals surface area contributed by atoms with Crippen molar-refractivity contribution in [2.24, 2.45) is 0 Å². The fourth-order valence-corrected chi connectivity index (χ4v) is 0.562. The summed E-state index contributed by atoms with van der Waals surface area (Å²) in [5.41, 5.74) is 0.931. The SMILES string of the molecule is CC(C)(C)c1cn[c]nn1. The zero-order chi connectivity index (χ0) is 7.61. The third-order valence-corrected chi connectivity index (χ3v) is 1.22. The Morgan fingerprint density at radius 3 is 2.40 bits per heavy atom. The maximum Gasteiger partial charge on any atom is 0.221 e. The van der Waals surface area contributed by atoms with E-state index in [1.54, 1.807) is 6.20 Å². The van der Waals surface area contributed by atoms with Gasteiger partial charge in [-0.15, -0.1) is 5.10 Å². The van der Waals surface area contributed by atoms with E-state index in [4.69, 9.17) is 0 Å². The Labute approximate surface area is 60.5 Å². The van der Waals surface area contributed by atoms with E-state index in [1.165, 1.54) is 0 Å². The van der Waals surface area contributed by atoms with Gasteiger partial charge < -0.3 is 0 Å². The molecule has 53 valence electrons. The van der Waals surface area contributed by atoms with Gasteiger partial charge in [-0.2, -0.15) is 5.10 Å². The lowest BCUT2D eigenvalue weighted by Gasteiger charge is -2.14. The van der Waals surface area contributed by atoms with E-state index in [0.717, 1.165) is 5.69 Å². The van der Waals surface area contributed by atoms with Gasteiger partial charge >= 0.3 is 0 Å². The minimum atomic E-state index is 0.0368. The summed E-state index contributed by atoms with van der Waals surface area (Å²) in [7, 11) is 0. The number of aromatic nitrogens is 3. The quantitative estimate of drug-likeness (QED) is 0.533. The number of nitrogens with zero attached hydrogens (tertiary/aromatic N) is 3. The molecule has 0 N–H and O–H groups in total. The van der Waals surface area contributed by atoms with Crippen LogP contribution in [0.4, 0.5) is 0 Å². The van der Waals surface area contributed by atoms with Gasteiger partial charge in [0.25, 0.3) is 0 Å². The van der Waals surface area contributed by atoms with E-state index in [-0.39, 0.29) is 5.41 Å². The first kappa shape index (κ1) is 7.12. The second-order valence-electron chi connectivity index (χ2n) is 3.19. The molecule has 0 amide bonds. The van der Waals surface area contributed by atoms with E-state index in [9.17, 15) is 0 Å². The van der Waals surface area contributed by atoms with Crippen molar-refractivity contribution in [3.05, 3.63) is 18.2 Å². The average molecular weight is 136 g/mol. The Balaban J connectivity index is 2.97. The lowest BCUT2D eigenvalue weighted by atomic mass is 9.93. The van der Waals surface area contributed by atoms with Crippen molar-refractivity contribution in [3.63, 3.8) is 0 Å². The Kier molecular flexibility index (Phi) is 1.66. The molecule has 1 aromatic rings. The molecule has 0 saturated carbocycles. The molecule has 0 fully saturated rings. The third-order valence-electron chi connectivity index (χ3n) is 1.22. The zero-order valence-electron chi connectivity index (χ0n) is 6.42. The van der Waals surface area contributed by atoms with Crippen molar-refractivity contribution in [1.82, 2.24) is 15.2 Å². The van der Waals surface area contributed by atoms with E-state index in [0.29, 0.717) is 0 Å². The smallest absolute Gasteiger partial charge is 0.221 e. The van der Waals surface area contributed by atoms with Gasteiger partial charge in [-0.25, -0.2) is 4.98 Å². The van der Waals surface area contributed by atoms with Gasteiger partial charge in [0.15, 0.2) is 0 Å². The van der Waals surface area contributed by atoms with Gasteiger partial charge in [-0.05, 0) is 0 Å². The van der Waals surface area contributed by atoms with Gasteiger partial charge in [0, 0.05) is 5.41 Å². The molecule has 0 aliphatic heterocycles. The van der Waals surface area contributed by atoms with Crippen molar-refractivity contribution in [2.45, 2.75) is 26.2 Å². The Morgan fingerprint density at radius 1 is 1.40 bits per heavy atom. The highest BCUT2D eigenvalue weighted by atomic mass is 15.1. The van der Waals surface area contributed by atoms with Gasteiger partial charge in [-0.1, -0.05) is 20.8 Å². The molecule has 1 rings (SSSR count). The van der Waals surface area contributed by atoms with Crippen molar-refractivity contribution in [1.29, 1.82) is 0 Å². The standard InChI is InChI=1S/C7H10N3/c1-7(2,3)6-4-8-5-9-10-6/h4H,1-3H3. The molecule has 0 bridgehead atoms. The van der Waals surface area contributed by atoms with Crippen LogP contribution < -0.4 is 0 Å². The van der Waals surface area contributed by atoms with Crippen LogP contribution in [0.2, 0.25) is 0 Å². The molecule has 0 atom stereocenters. The molecule has 3 nitrogen and oxygen atoms in total. The van der Waals surface area contributed by atoms with Crippen LogP contribution in [0.25, 0.3) is 0 Å². The van der Waals surface area contributed by atoms with Crippen LogP contribution in [0.1, 0.15) is 26.5 Å². The second-order valence-corrected chi connectivity index (χ2v) is 3.19. The maximum atomic E-state index is 3.88. The van der Waals surface area contributed by atoms with Crippen LogP contribution in [0, 0.1) is 6.33 Å². The lowest BCUT2D eigenvalue weighted by Crippen LogP contribution is -2.14. The van der Waals surface area contributed by atoms with E-state index >= 15 is 0 Å². The molecule has 0 aromatic carbocycles. The molecule has 3 heteroatoms. The highest BCUT2D eigenvalue weighted by Crippen LogP contribution is 2.16. The molecule has 0 aliphatic rings. The second kappa shape index (κ2) is 2.33. The minimum absolute atomic E-state index is 0.0368. The molecule has 10 heavy (non-hydrogen) atoms. The van der Waals surface area contributed by atoms with E-state index < -0.39 is 0 Å². The molecule has 0 aliphatic carbocycles. The first-order chi connectivity index (χ1) is 4.61. The van der Waals surface area contributed by atoms with Crippen molar-refractivity contribution >= 4 is 0 Å². The summed E-state index contributed by atoms with van der Waals surface area (Å²) in [4.78, 5) is 3.75. The molecule has 0 saturated heterocycles. The molecule has 1 heterocycles. The largest absolute Gasteiger partial charge is 0.230 e. The first-order valence-electron chi connectivity index (χ1n) is 3.17. The fourth-order valence-electron chi connectivity index (χ4n) is 0.562. The summed E-state index contributed by atoms with van der Waals surface area (Å²) < 4.78 is 0. The number of hydrogen-bond donors (Lipinski definition) is 0. The van der Waals surface area contributed by atoms with Crippen molar-refractivity contribution in [3.8, 4) is 0 Å². The first-order valence-corrected chi connectivity index (χ1v) is 3.17. The Bertz CT molecular complexity index is 200. The predicted octanol–water partition coefficient (Wildman–Crippen LogP) is 0.969. The summed E-state index contributed by atoms with van der Waals surface area (Å²) in [6, 6.07) is 0. The van der Waals surface area contributed by atoms with Crippen LogP contribution >= 0.6 is 0 Å². The van der Waals surface area contributed by atoms with E-state index in [2.05, 4.69) is 42.3 Å². The molecular weight excluding hydrogens is 126 g/mol. The summed E-state index contributed by atoms with van der Waals surface area (Å²) in [6.45, 7) is 6.20. The van der Waals surface area contributed by atoms with Crippen LogP contribution in [0.15, 0.2) is 6.20 Å². The van der Waals surface area contributed by atoms with Crippen LogP contribution in [-0.2, 0) is 5.41 Å². The fraction of sp³-hybridized carbons (Fsp3) is 0.571. The minimum Gasteiger partial charge on any atom is -0.230 e. The average Bonchev–Trinajstić information content (AvgIpc) is 1.88. The van der Waals surface area contributed by atoms with Crippen LogP contribution in [-0.4, -0.2) is 15.2 Å². The van der Waals surface area contributed by atoms with Gasteiger partial charge in [0.05, 0.1) is 11.9 Å².